The molecule has 0 N–H and O–H groups in total. The summed E-state index contributed by atoms with van der Waals surface area (Å²) in [5, 5.41) is 0.752. The topological polar surface area (TPSA) is 35.6 Å². The lowest BCUT2D eigenvalue weighted by molar-refractivity contribution is 0.0678. The smallest absolute Gasteiger partial charge is 0.295 e. The zero-order chi connectivity index (χ0) is 16.4. The van der Waals surface area contributed by atoms with E-state index in [1.165, 1.54) is 24.2 Å². The average Bonchev–Trinajstić information content (AvgIpc) is 3.16. The molecular weight excluding hydrogens is 318 g/mol. The van der Waals surface area contributed by atoms with Gasteiger partial charge in [0, 0.05) is 24.8 Å². The molecular formula is C16H16F2N4S. The van der Waals surface area contributed by atoms with Crippen molar-refractivity contribution in [2.75, 3.05) is 0 Å². The van der Waals surface area contributed by atoms with Crippen LogP contribution in [0.15, 0.2) is 48.1 Å². The second-order valence-electron chi connectivity index (χ2n) is 5.19. The first-order chi connectivity index (χ1) is 11.1. The Morgan fingerprint density at radius 2 is 1.91 bits per heavy atom. The van der Waals surface area contributed by atoms with Crippen molar-refractivity contribution in [1.29, 1.82) is 0 Å². The van der Waals surface area contributed by atoms with Crippen LogP contribution in [0.2, 0.25) is 0 Å². The summed E-state index contributed by atoms with van der Waals surface area (Å²) < 4.78 is 28.6. The van der Waals surface area contributed by atoms with E-state index in [1.807, 2.05) is 24.6 Å². The molecule has 0 radical (unpaired) electrons. The summed E-state index contributed by atoms with van der Waals surface area (Å²) in [6.45, 7) is 1.49. The van der Waals surface area contributed by atoms with Gasteiger partial charge in [0.25, 0.3) is 0 Å². The molecule has 0 saturated heterocycles. The Morgan fingerprint density at radius 1 is 1.13 bits per heavy atom. The molecule has 0 spiro atoms. The lowest BCUT2D eigenvalue weighted by atomic mass is 10.1. The molecule has 1 aromatic carbocycles. The third-order valence-corrected chi connectivity index (χ3v) is 4.48. The minimum Gasteiger partial charge on any atom is -0.295 e. The highest BCUT2D eigenvalue weighted by Crippen LogP contribution is 2.26. The van der Waals surface area contributed by atoms with Crippen LogP contribution in [-0.4, -0.2) is 19.1 Å². The van der Waals surface area contributed by atoms with Crippen molar-refractivity contribution >= 4 is 11.8 Å². The van der Waals surface area contributed by atoms with Gasteiger partial charge in [0.2, 0.25) is 0 Å². The molecule has 0 fully saturated rings. The fourth-order valence-corrected chi connectivity index (χ4v) is 3.24. The Kier molecular flexibility index (Phi) is 4.47. The zero-order valence-corrected chi connectivity index (χ0v) is 13.6. The van der Waals surface area contributed by atoms with E-state index in [2.05, 4.69) is 28.2 Å². The minimum absolute atomic E-state index is 0.333. The summed E-state index contributed by atoms with van der Waals surface area (Å²) in [4.78, 5) is 8.33. The van der Waals surface area contributed by atoms with Crippen LogP contribution in [-0.2, 0) is 5.75 Å². The number of aryl methyl sites for hydroxylation is 2. The first-order valence-corrected chi connectivity index (χ1v) is 8.08. The maximum Gasteiger partial charge on any atom is 0.319 e. The number of nitrogens with zero attached hydrogens (tertiary/aromatic N) is 4. The number of benzene rings is 1. The standard InChI is InChI=1S/C16H16F2N4S/c1-11-3-4-12(2)13(9-11)21-7-6-20-16(21)23-10-14-19-5-8-22(14)15(17)18/h3-9,15H,10H2,1-2H3. The summed E-state index contributed by atoms with van der Waals surface area (Å²) >= 11 is 1.39. The third-order valence-electron chi connectivity index (χ3n) is 3.52. The van der Waals surface area contributed by atoms with Gasteiger partial charge in [0.05, 0.1) is 11.4 Å². The van der Waals surface area contributed by atoms with E-state index < -0.39 is 6.55 Å². The van der Waals surface area contributed by atoms with E-state index >= 15 is 0 Å². The number of rotatable bonds is 5. The van der Waals surface area contributed by atoms with Crippen LogP contribution in [0.5, 0.6) is 0 Å². The van der Waals surface area contributed by atoms with Crippen molar-refractivity contribution in [3.05, 3.63) is 59.9 Å². The molecule has 0 bridgehead atoms. The van der Waals surface area contributed by atoms with Crippen molar-refractivity contribution in [1.82, 2.24) is 19.1 Å². The molecule has 3 rings (SSSR count). The van der Waals surface area contributed by atoms with Gasteiger partial charge >= 0.3 is 6.55 Å². The van der Waals surface area contributed by atoms with Gasteiger partial charge in [-0.1, -0.05) is 23.9 Å². The SMILES string of the molecule is Cc1ccc(C)c(-n2ccnc2SCc2nccn2C(F)F)c1. The number of halogens is 2. The highest BCUT2D eigenvalue weighted by Gasteiger charge is 2.14. The lowest BCUT2D eigenvalue weighted by Crippen LogP contribution is -2.03. The molecule has 2 heterocycles. The van der Waals surface area contributed by atoms with Crippen LogP contribution in [0.3, 0.4) is 0 Å². The largest absolute Gasteiger partial charge is 0.319 e. The van der Waals surface area contributed by atoms with E-state index in [9.17, 15) is 8.78 Å². The van der Waals surface area contributed by atoms with Crippen LogP contribution in [0, 0.1) is 13.8 Å². The molecule has 0 amide bonds. The predicted molar refractivity (Wildman–Crippen MR) is 86.1 cm³/mol. The molecule has 0 aliphatic carbocycles. The number of aromatic nitrogens is 4. The van der Waals surface area contributed by atoms with E-state index in [4.69, 9.17) is 0 Å². The molecule has 0 aliphatic rings. The fraction of sp³-hybridized carbons (Fsp3) is 0.250. The minimum atomic E-state index is -2.58. The quantitative estimate of drug-likeness (QED) is 0.650. The van der Waals surface area contributed by atoms with Gasteiger partial charge in [-0.15, -0.1) is 0 Å². The first kappa shape index (κ1) is 15.7. The van der Waals surface area contributed by atoms with Gasteiger partial charge in [0.1, 0.15) is 5.82 Å². The van der Waals surface area contributed by atoms with Gasteiger partial charge in [-0.2, -0.15) is 8.78 Å². The summed E-state index contributed by atoms with van der Waals surface area (Å²) in [5.74, 6) is 0.666. The Balaban J connectivity index is 1.84. The van der Waals surface area contributed by atoms with E-state index in [0.717, 1.165) is 26.5 Å². The second kappa shape index (κ2) is 6.54. The number of thioether (sulfide) groups is 1. The number of hydrogen-bond donors (Lipinski definition) is 0. The summed E-state index contributed by atoms with van der Waals surface area (Å²) in [6.07, 6.45) is 6.27. The van der Waals surface area contributed by atoms with Crippen LogP contribution >= 0.6 is 11.8 Å². The van der Waals surface area contributed by atoms with Gasteiger partial charge < -0.3 is 0 Å². The Hall–Kier alpha value is -2.15. The van der Waals surface area contributed by atoms with Crippen LogP contribution in [0.1, 0.15) is 23.5 Å². The molecule has 0 saturated carbocycles. The summed E-state index contributed by atoms with van der Waals surface area (Å²) in [7, 11) is 0. The molecule has 0 aliphatic heterocycles. The normalized spacial score (nSPS) is 11.3. The van der Waals surface area contributed by atoms with E-state index in [-0.39, 0.29) is 0 Å². The number of alkyl halides is 2. The van der Waals surface area contributed by atoms with Crippen molar-refractivity contribution in [2.24, 2.45) is 0 Å². The van der Waals surface area contributed by atoms with Gasteiger partial charge in [-0.05, 0) is 31.0 Å². The molecule has 3 aromatic rings. The Labute approximate surface area is 137 Å². The fourth-order valence-electron chi connectivity index (χ4n) is 2.32. The summed E-state index contributed by atoms with van der Waals surface area (Å²) in [6, 6.07) is 6.20. The molecule has 120 valence electrons. The highest BCUT2D eigenvalue weighted by molar-refractivity contribution is 7.98. The van der Waals surface area contributed by atoms with E-state index in [0.29, 0.717) is 11.6 Å². The van der Waals surface area contributed by atoms with Gasteiger partial charge in [-0.3, -0.25) is 9.13 Å². The summed E-state index contributed by atoms with van der Waals surface area (Å²) in [5.41, 5.74) is 3.33. The van der Waals surface area contributed by atoms with Crippen molar-refractivity contribution in [3.63, 3.8) is 0 Å². The monoisotopic (exact) mass is 334 g/mol. The first-order valence-electron chi connectivity index (χ1n) is 7.10. The number of imidazole rings is 2. The highest BCUT2D eigenvalue weighted by atomic mass is 32.2. The molecule has 23 heavy (non-hydrogen) atoms. The van der Waals surface area contributed by atoms with Crippen LogP contribution in [0.25, 0.3) is 5.69 Å². The zero-order valence-electron chi connectivity index (χ0n) is 12.8. The third kappa shape index (κ3) is 3.29. The predicted octanol–water partition coefficient (Wildman–Crippen LogP) is 4.37. The average molecular weight is 334 g/mol. The maximum atomic E-state index is 12.9. The molecule has 7 heteroatoms. The van der Waals surface area contributed by atoms with Crippen molar-refractivity contribution in [3.8, 4) is 5.69 Å². The maximum absolute atomic E-state index is 12.9. The second-order valence-corrected chi connectivity index (χ2v) is 6.13. The van der Waals surface area contributed by atoms with Crippen LogP contribution < -0.4 is 0 Å². The Bertz CT molecular complexity index is 810. The Morgan fingerprint density at radius 3 is 2.70 bits per heavy atom. The van der Waals surface area contributed by atoms with Gasteiger partial charge in [0.15, 0.2) is 5.16 Å². The van der Waals surface area contributed by atoms with E-state index in [1.54, 1.807) is 6.20 Å². The lowest BCUT2D eigenvalue weighted by Gasteiger charge is -2.11. The molecule has 0 atom stereocenters. The molecule has 0 unspecified atom stereocenters. The van der Waals surface area contributed by atoms with Gasteiger partial charge in [-0.25, -0.2) is 9.97 Å². The van der Waals surface area contributed by atoms with Crippen molar-refractivity contribution in [2.45, 2.75) is 31.3 Å². The molecule has 4 nitrogen and oxygen atoms in total. The molecule has 2 aromatic heterocycles. The van der Waals surface area contributed by atoms with Crippen LogP contribution in [0.4, 0.5) is 8.78 Å². The number of hydrogen-bond acceptors (Lipinski definition) is 3. The van der Waals surface area contributed by atoms with Crippen molar-refractivity contribution < 1.29 is 8.78 Å².